The minimum Gasteiger partial charge on any atom is -0.465 e. The molecule has 0 atom stereocenters. The number of aromatic nitrogens is 1. The van der Waals surface area contributed by atoms with E-state index in [-0.39, 0.29) is 12.4 Å². The van der Waals surface area contributed by atoms with Crippen LogP contribution in [-0.4, -0.2) is 40.6 Å². The normalized spacial score (nSPS) is 9.76. The number of hydrogen-bond donors (Lipinski definition) is 3. The number of nitrogens with one attached hydrogen (secondary N) is 1. The number of carboxylic acid groups (broad SMARTS) is 1. The maximum Gasteiger partial charge on any atom is 0.407 e. The van der Waals surface area contributed by atoms with Crippen molar-refractivity contribution >= 4 is 39.4 Å². The third kappa shape index (κ3) is 3.91. The van der Waals surface area contributed by atoms with Gasteiger partial charge >= 0.3 is 6.09 Å². The Labute approximate surface area is 106 Å². The first-order valence-electron chi connectivity index (χ1n) is 4.55. The van der Waals surface area contributed by atoms with Gasteiger partial charge < -0.3 is 21.1 Å². The second-order valence-corrected chi connectivity index (χ2v) is 4.19. The van der Waals surface area contributed by atoms with E-state index in [0.717, 1.165) is 4.90 Å². The lowest BCUT2D eigenvalue weighted by atomic mass is 10.3. The summed E-state index contributed by atoms with van der Waals surface area (Å²) < 4.78 is 0.661. The molecule has 7 nitrogen and oxygen atoms in total. The van der Waals surface area contributed by atoms with Gasteiger partial charge in [0.15, 0.2) is 0 Å². The van der Waals surface area contributed by atoms with Crippen LogP contribution in [0.4, 0.5) is 16.3 Å². The van der Waals surface area contributed by atoms with Crippen LogP contribution in [0.1, 0.15) is 0 Å². The Morgan fingerprint density at radius 2 is 2.29 bits per heavy atom. The highest BCUT2D eigenvalue weighted by Gasteiger charge is 2.12. The molecule has 17 heavy (non-hydrogen) atoms. The largest absolute Gasteiger partial charge is 0.465 e. The second kappa shape index (κ2) is 5.48. The molecular formula is C9H11BrN4O3. The Bertz CT molecular complexity index is 452. The van der Waals surface area contributed by atoms with Gasteiger partial charge in [-0.2, -0.15) is 0 Å². The van der Waals surface area contributed by atoms with Gasteiger partial charge in [0, 0.05) is 17.7 Å². The lowest BCUT2D eigenvalue weighted by Gasteiger charge is -2.13. The minimum absolute atomic E-state index is 0.166. The van der Waals surface area contributed by atoms with Gasteiger partial charge in [0.1, 0.15) is 12.4 Å². The highest BCUT2D eigenvalue weighted by molar-refractivity contribution is 9.10. The highest BCUT2D eigenvalue weighted by atomic mass is 79.9. The lowest BCUT2D eigenvalue weighted by Crippen LogP contribution is -2.33. The molecule has 0 aliphatic carbocycles. The first-order valence-corrected chi connectivity index (χ1v) is 5.34. The number of nitrogens with two attached hydrogens (primary N) is 1. The van der Waals surface area contributed by atoms with Gasteiger partial charge in [0.05, 0.1) is 5.69 Å². The van der Waals surface area contributed by atoms with Gasteiger partial charge in [-0.1, -0.05) is 0 Å². The Balaban J connectivity index is 2.68. The third-order valence-corrected chi connectivity index (χ3v) is 2.30. The van der Waals surface area contributed by atoms with Gasteiger partial charge in [-0.25, -0.2) is 9.78 Å². The SMILES string of the molecule is CN(CC(=O)Nc1cc(Br)cnc1N)C(=O)O. The number of carbonyl (C=O) groups is 2. The summed E-state index contributed by atoms with van der Waals surface area (Å²) in [5, 5.41) is 11.1. The summed E-state index contributed by atoms with van der Waals surface area (Å²) in [5.74, 6) is -0.318. The molecule has 8 heteroatoms. The molecule has 0 bridgehead atoms. The fourth-order valence-electron chi connectivity index (χ4n) is 1.02. The van der Waals surface area contributed by atoms with E-state index >= 15 is 0 Å². The fourth-order valence-corrected chi connectivity index (χ4v) is 1.35. The molecule has 0 aliphatic rings. The molecule has 4 N–H and O–H groups in total. The van der Waals surface area contributed by atoms with Crippen LogP contribution in [0.3, 0.4) is 0 Å². The van der Waals surface area contributed by atoms with Crippen molar-refractivity contribution < 1.29 is 14.7 Å². The predicted molar refractivity (Wildman–Crippen MR) is 65.6 cm³/mol. The summed E-state index contributed by atoms with van der Waals surface area (Å²) in [5.41, 5.74) is 5.89. The van der Waals surface area contributed by atoms with Crippen molar-refractivity contribution in [3.8, 4) is 0 Å². The number of anilines is 2. The Morgan fingerprint density at radius 3 is 2.88 bits per heavy atom. The van der Waals surface area contributed by atoms with Crippen molar-refractivity contribution in [1.29, 1.82) is 0 Å². The monoisotopic (exact) mass is 302 g/mol. The van der Waals surface area contributed by atoms with Crippen LogP contribution >= 0.6 is 15.9 Å². The van der Waals surface area contributed by atoms with Crippen molar-refractivity contribution in [3.05, 3.63) is 16.7 Å². The van der Waals surface area contributed by atoms with Gasteiger partial charge in [0.2, 0.25) is 5.91 Å². The molecule has 0 aliphatic heterocycles. The molecule has 1 rings (SSSR count). The molecule has 0 saturated heterocycles. The molecule has 0 radical (unpaired) electrons. The van der Waals surface area contributed by atoms with Crippen molar-refractivity contribution in [2.75, 3.05) is 24.6 Å². The maximum atomic E-state index is 11.5. The maximum absolute atomic E-state index is 11.5. The zero-order valence-electron chi connectivity index (χ0n) is 8.98. The highest BCUT2D eigenvalue weighted by Crippen LogP contribution is 2.20. The molecule has 0 spiro atoms. The number of hydrogen-bond acceptors (Lipinski definition) is 4. The van der Waals surface area contributed by atoms with Crippen molar-refractivity contribution in [1.82, 2.24) is 9.88 Å². The molecule has 1 aromatic heterocycles. The van der Waals surface area contributed by atoms with Crippen LogP contribution < -0.4 is 11.1 Å². The number of nitrogen functional groups attached to an aromatic ring is 1. The standard InChI is InChI=1S/C9H11BrN4O3/c1-14(9(16)17)4-7(15)13-6-2-5(10)3-12-8(6)11/h2-3H,4H2,1H3,(H2,11,12)(H,13,15)(H,16,17). The topological polar surface area (TPSA) is 109 Å². The first-order chi connectivity index (χ1) is 7.90. The van der Waals surface area contributed by atoms with Crippen LogP contribution in [0.2, 0.25) is 0 Å². The molecule has 2 amide bonds. The quantitative estimate of drug-likeness (QED) is 0.771. The summed E-state index contributed by atoms with van der Waals surface area (Å²) >= 11 is 3.19. The number of nitrogens with zero attached hydrogens (tertiary/aromatic N) is 2. The van der Waals surface area contributed by atoms with E-state index in [9.17, 15) is 9.59 Å². The number of halogens is 1. The van der Waals surface area contributed by atoms with Crippen LogP contribution in [0, 0.1) is 0 Å². The Kier molecular flexibility index (Phi) is 4.27. The fraction of sp³-hybridized carbons (Fsp3) is 0.222. The Morgan fingerprint density at radius 1 is 1.65 bits per heavy atom. The lowest BCUT2D eigenvalue weighted by molar-refractivity contribution is -0.116. The van der Waals surface area contributed by atoms with Crippen LogP contribution in [0.25, 0.3) is 0 Å². The summed E-state index contributed by atoms with van der Waals surface area (Å²) in [7, 11) is 1.30. The molecule has 1 heterocycles. The van der Waals surface area contributed by atoms with Gasteiger partial charge in [0.25, 0.3) is 0 Å². The number of amides is 2. The summed E-state index contributed by atoms with van der Waals surface area (Å²) in [6.45, 7) is -0.277. The van der Waals surface area contributed by atoms with Crippen LogP contribution in [0.15, 0.2) is 16.7 Å². The Hall–Kier alpha value is -1.83. The van der Waals surface area contributed by atoms with Crippen LogP contribution in [-0.2, 0) is 4.79 Å². The second-order valence-electron chi connectivity index (χ2n) is 3.27. The minimum atomic E-state index is -1.18. The van der Waals surface area contributed by atoms with E-state index in [1.807, 2.05) is 0 Å². The predicted octanol–water partition coefficient (Wildman–Crippen LogP) is 0.975. The van der Waals surface area contributed by atoms with Gasteiger partial charge in [-0.15, -0.1) is 0 Å². The van der Waals surface area contributed by atoms with Crippen molar-refractivity contribution in [2.24, 2.45) is 0 Å². The molecule has 92 valence electrons. The number of likely N-dealkylation sites (N-methyl/N-ethyl adjacent to an activating group) is 1. The number of carbonyl (C=O) groups excluding carboxylic acids is 1. The number of pyridine rings is 1. The summed E-state index contributed by atoms with van der Waals surface area (Å²) in [6.07, 6.45) is 0.314. The van der Waals surface area contributed by atoms with E-state index < -0.39 is 12.0 Å². The van der Waals surface area contributed by atoms with E-state index in [1.165, 1.54) is 13.2 Å². The van der Waals surface area contributed by atoms with Gasteiger partial charge in [-0.05, 0) is 22.0 Å². The third-order valence-electron chi connectivity index (χ3n) is 1.87. The molecule has 0 aromatic carbocycles. The average Bonchev–Trinajstić information content (AvgIpc) is 2.23. The number of rotatable bonds is 3. The molecule has 0 fully saturated rings. The van der Waals surface area contributed by atoms with E-state index in [4.69, 9.17) is 10.8 Å². The van der Waals surface area contributed by atoms with Crippen LogP contribution in [0.5, 0.6) is 0 Å². The molecular weight excluding hydrogens is 292 g/mol. The van der Waals surface area contributed by atoms with E-state index in [2.05, 4.69) is 26.2 Å². The van der Waals surface area contributed by atoms with Crippen molar-refractivity contribution in [2.45, 2.75) is 0 Å². The summed E-state index contributed by atoms with van der Waals surface area (Å²) in [4.78, 5) is 26.7. The zero-order chi connectivity index (χ0) is 13.0. The molecule has 0 saturated carbocycles. The first kappa shape index (κ1) is 13.2. The molecule has 0 unspecified atom stereocenters. The molecule has 1 aromatic rings. The smallest absolute Gasteiger partial charge is 0.407 e. The van der Waals surface area contributed by atoms with Crippen molar-refractivity contribution in [3.63, 3.8) is 0 Å². The average molecular weight is 303 g/mol. The summed E-state index contributed by atoms with van der Waals surface area (Å²) in [6, 6.07) is 1.58. The van der Waals surface area contributed by atoms with E-state index in [1.54, 1.807) is 6.07 Å². The van der Waals surface area contributed by atoms with Gasteiger partial charge in [-0.3, -0.25) is 4.79 Å². The zero-order valence-corrected chi connectivity index (χ0v) is 10.6. The van der Waals surface area contributed by atoms with E-state index in [0.29, 0.717) is 10.2 Å².